The zero-order valence-corrected chi connectivity index (χ0v) is 26.1. The summed E-state index contributed by atoms with van der Waals surface area (Å²) >= 11 is 8.20. The molecular weight excluding hydrogens is 608 g/mol. The Bertz CT molecular complexity index is 1560. The largest absolute Gasteiger partial charge is 0.463 e. The van der Waals surface area contributed by atoms with Crippen LogP contribution in [0, 0.1) is 11.8 Å². The first-order valence-electron chi connectivity index (χ1n) is 13.7. The van der Waals surface area contributed by atoms with Gasteiger partial charge in [0, 0.05) is 49.2 Å². The van der Waals surface area contributed by atoms with Crippen LogP contribution in [0.5, 0.6) is 0 Å². The first-order valence-corrected chi connectivity index (χ1v) is 15.0. The second-order valence-electron chi connectivity index (χ2n) is 10.1. The molecule has 1 saturated heterocycles. The summed E-state index contributed by atoms with van der Waals surface area (Å²) in [5, 5.41) is 4.47. The second kappa shape index (κ2) is 15.0. The van der Waals surface area contributed by atoms with Gasteiger partial charge in [-0.15, -0.1) is 0 Å². The van der Waals surface area contributed by atoms with Crippen molar-refractivity contribution < 1.29 is 42.9 Å². The monoisotopic (exact) mass is 638 g/mol. The number of carbonyl (C=O) groups is 4. The van der Waals surface area contributed by atoms with Crippen molar-refractivity contribution in [2.75, 3.05) is 6.61 Å². The summed E-state index contributed by atoms with van der Waals surface area (Å²) in [5.74, 6) is 3.63. The molecule has 11 heteroatoms. The highest BCUT2D eigenvalue weighted by atomic mass is 35.5. The lowest BCUT2D eigenvalue weighted by atomic mass is 9.89. The molecule has 5 atom stereocenters. The van der Waals surface area contributed by atoms with Gasteiger partial charge >= 0.3 is 23.9 Å². The lowest BCUT2D eigenvalue weighted by molar-refractivity contribution is -0.254. The molecule has 0 bridgehead atoms. The summed E-state index contributed by atoms with van der Waals surface area (Å²) in [4.78, 5) is 48.0. The van der Waals surface area contributed by atoms with Crippen LogP contribution in [0.15, 0.2) is 59.3 Å². The van der Waals surface area contributed by atoms with Crippen molar-refractivity contribution in [1.29, 1.82) is 0 Å². The Kier molecular flexibility index (Phi) is 11.2. The maximum atomic E-state index is 12.2. The van der Waals surface area contributed by atoms with E-state index < -0.39 is 54.4 Å². The van der Waals surface area contributed by atoms with Gasteiger partial charge in [-0.05, 0) is 52.8 Å². The van der Waals surface area contributed by atoms with E-state index in [1.54, 1.807) is 23.5 Å². The van der Waals surface area contributed by atoms with Crippen molar-refractivity contribution in [3.05, 3.63) is 92.1 Å². The minimum atomic E-state index is -1.26. The van der Waals surface area contributed by atoms with Crippen LogP contribution in [0.4, 0.5) is 0 Å². The summed E-state index contributed by atoms with van der Waals surface area (Å²) in [5.41, 5.74) is 4.13. The standard InChI is InChI=1S/C33H31ClO9S/c1-19(35)39-17-29-31(40-20(2)36)33(42-22(4)38)32(41-21(3)37)30(43-29)26-11-12-28(34)27(16-26)15-24-8-5-23(6-9-24)7-10-25-13-14-44-18-25/h5-6,8-9,11-14,16,18,29-33H,15,17H2,1-4H3/t29-,30+,31-,32+,33+/m1/s1. The number of hydrogen-bond acceptors (Lipinski definition) is 10. The van der Waals surface area contributed by atoms with Crippen LogP contribution in [0.2, 0.25) is 5.02 Å². The normalized spacial score (nSPS) is 20.9. The third kappa shape index (κ3) is 8.92. The van der Waals surface area contributed by atoms with E-state index in [0.717, 1.165) is 22.3 Å². The van der Waals surface area contributed by atoms with Gasteiger partial charge in [0.15, 0.2) is 18.3 Å². The number of ether oxygens (including phenoxy) is 5. The zero-order valence-electron chi connectivity index (χ0n) is 24.5. The Hall–Kier alpha value is -4.17. The molecule has 1 fully saturated rings. The van der Waals surface area contributed by atoms with Gasteiger partial charge in [0.25, 0.3) is 0 Å². The summed E-state index contributed by atoms with van der Waals surface area (Å²) in [6.45, 7) is 4.47. The molecule has 2 aromatic carbocycles. The summed E-state index contributed by atoms with van der Waals surface area (Å²) in [6.07, 6.45) is -5.28. The Labute approximate surface area is 264 Å². The molecule has 44 heavy (non-hydrogen) atoms. The molecule has 1 aromatic heterocycles. The van der Waals surface area contributed by atoms with E-state index in [0.29, 0.717) is 17.0 Å². The van der Waals surface area contributed by atoms with Gasteiger partial charge in [-0.25, -0.2) is 0 Å². The predicted octanol–water partition coefficient (Wildman–Crippen LogP) is 5.19. The van der Waals surface area contributed by atoms with E-state index in [1.807, 2.05) is 47.2 Å². The van der Waals surface area contributed by atoms with Crippen molar-refractivity contribution in [1.82, 2.24) is 0 Å². The number of hydrogen-bond donors (Lipinski definition) is 0. The number of esters is 4. The molecule has 1 aliphatic heterocycles. The quantitative estimate of drug-likeness (QED) is 0.187. The van der Waals surface area contributed by atoms with E-state index in [9.17, 15) is 19.2 Å². The van der Waals surface area contributed by atoms with Crippen molar-refractivity contribution in [3.8, 4) is 11.8 Å². The van der Waals surface area contributed by atoms with Crippen molar-refractivity contribution >= 4 is 46.8 Å². The van der Waals surface area contributed by atoms with Gasteiger partial charge in [-0.3, -0.25) is 19.2 Å². The van der Waals surface area contributed by atoms with E-state index >= 15 is 0 Å². The van der Waals surface area contributed by atoms with E-state index in [4.69, 9.17) is 35.3 Å². The second-order valence-corrected chi connectivity index (χ2v) is 11.3. The van der Waals surface area contributed by atoms with Gasteiger partial charge < -0.3 is 23.7 Å². The van der Waals surface area contributed by atoms with Crippen molar-refractivity contribution in [2.45, 2.75) is 64.6 Å². The predicted molar refractivity (Wildman–Crippen MR) is 162 cm³/mol. The number of thiophene rings is 1. The molecule has 1 aliphatic rings. The Morgan fingerprint density at radius 1 is 0.795 bits per heavy atom. The molecule has 0 unspecified atom stereocenters. The topological polar surface area (TPSA) is 114 Å². The fourth-order valence-corrected chi connectivity index (χ4v) is 5.58. The molecule has 0 saturated carbocycles. The molecule has 4 rings (SSSR count). The highest BCUT2D eigenvalue weighted by Gasteiger charge is 2.52. The van der Waals surface area contributed by atoms with Crippen LogP contribution in [-0.2, 0) is 49.3 Å². The van der Waals surface area contributed by atoms with E-state index in [1.165, 1.54) is 27.7 Å². The van der Waals surface area contributed by atoms with Crippen molar-refractivity contribution in [2.24, 2.45) is 0 Å². The highest BCUT2D eigenvalue weighted by Crippen LogP contribution is 2.39. The third-order valence-electron chi connectivity index (χ3n) is 6.61. The van der Waals surface area contributed by atoms with Crippen LogP contribution >= 0.6 is 22.9 Å². The van der Waals surface area contributed by atoms with Crippen LogP contribution in [0.1, 0.15) is 61.6 Å². The SMILES string of the molecule is CC(=O)OC[C@H]1O[C@@H](c2ccc(Cl)c(Cc3ccc(C#Cc4ccsc4)cc3)c2)[C@H](OC(C)=O)[C@@H](OC(C)=O)[C@@H]1OC(C)=O. The summed E-state index contributed by atoms with van der Waals surface area (Å²) < 4.78 is 28.1. The molecule has 0 N–H and O–H groups in total. The highest BCUT2D eigenvalue weighted by molar-refractivity contribution is 7.08. The molecule has 2 heterocycles. The number of halogens is 1. The van der Waals surface area contributed by atoms with Crippen LogP contribution in [-0.4, -0.2) is 54.9 Å². The van der Waals surface area contributed by atoms with Gasteiger partial charge in [-0.2, -0.15) is 11.3 Å². The molecule has 9 nitrogen and oxygen atoms in total. The minimum absolute atomic E-state index is 0.309. The van der Waals surface area contributed by atoms with Crippen LogP contribution < -0.4 is 0 Å². The lowest BCUT2D eigenvalue weighted by Gasteiger charge is -2.44. The Morgan fingerprint density at radius 3 is 2.05 bits per heavy atom. The maximum Gasteiger partial charge on any atom is 0.303 e. The lowest BCUT2D eigenvalue weighted by Crippen LogP contribution is -2.59. The summed E-state index contributed by atoms with van der Waals surface area (Å²) in [7, 11) is 0. The first-order chi connectivity index (χ1) is 21.0. The van der Waals surface area contributed by atoms with Gasteiger partial charge in [0.1, 0.15) is 18.8 Å². The smallest absolute Gasteiger partial charge is 0.303 e. The van der Waals surface area contributed by atoms with E-state index in [-0.39, 0.29) is 6.61 Å². The zero-order chi connectivity index (χ0) is 31.8. The molecular formula is C33H31ClO9S. The number of carbonyl (C=O) groups excluding carboxylic acids is 4. The Morgan fingerprint density at radius 2 is 1.43 bits per heavy atom. The average molecular weight is 639 g/mol. The van der Waals surface area contributed by atoms with Gasteiger partial charge in [-0.1, -0.05) is 47.7 Å². The molecule has 230 valence electrons. The van der Waals surface area contributed by atoms with Gasteiger partial charge in [0.05, 0.1) is 0 Å². The molecule has 3 aromatic rings. The molecule has 0 aliphatic carbocycles. The summed E-state index contributed by atoms with van der Waals surface area (Å²) in [6, 6.07) is 15.0. The van der Waals surface area contributed by atoms with Crippen LogP contribution in [0.3, 0.4) is 0 Å². The number of benzene rings is 2. The first kappa shape index (κ1) is 32.7. The third-order valence-corrected chi connectivity index (χ3v) is 7.66. The molecule has 0 amide bonds. The molecule has 0 radical (unpaired) electrons. The average Bonchev–Trinajstić information content (AvgIpc) is 3.48. The number of rotatable bonds is 8. The van der Waals surface area contributed by atoms with Crippen molar-refractivity contribution in [3.63, 3.8) is 0 Å². The minimum Gasteiger partial charge on any atom is -0.463 e. The molecule has 0 spiro atoms. The maximum absolute atomic E-state index is 12.2. The fraction of sp³-hybridized carbons (Fsp3) is 0.333. The Balaban J connectivity index is 1.66. The van der Waals surface area contributed by atoms with E-state index in [2.05, 4.69) is 11.8 Å². The van der Waals surface area contributed by atoms with Crippen LogP contribution in [0.25, 0.3) is 0 Å². The van der Waals surface area contributed by atoms with Gasteiger partial charge in [0.2, 0.25) is 0 Å². The fourth-order valence-electron chi connectivity index (χ4n) is 4.81.